The third-order valence-electron chi connectivity index (χ3n) is 9.13. The van der Waals surface area contributed by atoms with Crippen LogP contribution in [0.25, 0.3) is 10.9 Å². The SMILES string of the molecule is CON=C(C(=O)N[C@@H]1C(=O)N2C(C(=O)[O-])=C(C[n+]3ccc4c(ccn4Cc4ccc(C(=N)N[C@@H]5CCCNC5)cc4)c3)CS[C@H]12)c1nc(N)sc1Cl. The Hall–Kier alpha value is -4.97. The molecule has 0 radical (unpaired) electrons. The van der Waals surface area contributed by atoms with Crippen molar-refractivity contribution in [1.82, 2.24) is 30.4 Å². The molecule has 3 aliphatic heterocycles. The van der Waals surface area contributed by atoms with Crippen molar-refractivity contribution < 1.29 is 28.9 Å². The summed E-state index contributed by atoms with van der Waals surface area (Å²) in [5, 5.41) is 34.3. The number of anilines is 1. The number of amidine groups is 1. The van der Waals surface area contributed by atoms with Crippen molar-refractivity contribution in [2.75, 3.05) is 31.7 Å². The van der Waals surface area contributed by atoms with Gasteiger partial charge in [0.1, 0.15) is 34.4 Å². The zero-order valence-corrected chi connectivity index (χ0v) is 30.3. The van der Waals surface area contributed by atoms with Crippen LogP contribution in [0.2, 0.25) is 4.34 Å². The fourth-order valence-electron chi connectivity index (χ4n) is 6.63. The van der Waals surface area contributed by atoms with Crippen LogP contribution in [-0.2, 0) is 32.3 Å². The molecule has 1 aromatic carbocycles. The Labute approximate surface area is 311 Å². The van der Waals surface area contributed by atoms with Gasteiger partial charge in [0, 0.05) is 48.3 Å². The molecule has 7 rings (SSSR count). The number of rotatable bonds is 11. The van der Waals surface area contributed by atoms with Crippen LogP contribution in [0.4, 0.5) is 5.13 Å². The van der Waals surface area contributed by atoms with Gasteiger partial charge in [-0.2, -0.15) is 0 Å². The lowest BCUT2D eigenvalue weighted by Gasteiger charge is -2.50. The van der Waals surface area contributed by atoms with E-state index in [-0.39, 0.29) is 39.2 Å². The Bertz CT molecular complexity index is 2130. The average molecular weight is 763 g/mol. The van der Waals surface area contributed by atoms with Gasteiger partial charge in [-0.25, -0.2) is 9.55 Å². The summed E-state index contributed by atoms with van der Waals surface area (Å²) in [6.45, 7) is 2.75. The highest BCUT2D eigenvalue weighted by molar-refractivity contribution is 8.00. The minimum atomic E-state index is -1.47. The third-order valence-corrected chi connectivity index (χ3v) is 11.6. The van der Waals surface area contributed by atoms with E-state index in [1.165, 1.54) is 18.9 Å². The molecule has 4 aromatic rings. The van der Waals surface area contributed by atoms with E-state index in [4.69, 9.17) is 27.6 Å². The van der Waals surface area contributed by atoms with Crippen LogP contribution in [0, 0.1) is 5.41 Å². The van der Waals surface area contributed by atoms with E-state index < -0.39 is 29.2 Å². The highest BCUT2D eigenvalue weighted by Gasteiger charge is 2.53. The maximum absolute atomic E-state index is 13.3. The van der Waals surface area contributed by atoms with Gasteiger partial charge in [-0.15, -0.1) is 11.8 Å². The average Bonchev–Trinajstić information content (AvgIpc) is 3.69. The van der Waals surface area contributed by atoms with Crippen molar-refractivity contribution >= 4 is 80.1 Å². The summed E-state index contributed by atoms with van der Waals surface area (Å²) in [7, 11) is 1.25. The molecule has 2 amide bonds. The molecule has 0 spiro atoms. The van der Waals surface area contributed by atoms with Gasteiger partial charge in [-0.3, -0.25) is 19.9 Å². The molecule has 0 unspecified atom stereocenters. The lowest BCUT2D eigenvalue weighted by molar-refractivity contribution is -0.687. The normalized spacial score (nSPS) is 20.3. The number of thiazole rings is 1. The molecule has 0 saturated carbocycles. The van der Waals surface area contributed by atoms with E-state index in [2.05, 4.69) is 30.7 Å². The number of carboxylic acids is 1. The molecule has 0 aliphatic carbocycles. The number of oxime groups is 1. The molecule has 0 bridgehead atoms. The van der Waals surface area contributed by atoms with Gasteiger partial charge in [-0.1, -0.05) is 52.4 Å². The van der Waals surface area contributed by atoms with E-state index in [9.17, 15) is 19.5 Å². The molecule has 3 atom stereocenters. The van der Waals surface area contributed by atoms with E-state index >= 15 is 0 Å². The number of pyridine rings is 1. The minimum absolute atomic E-state index is 0.0116. The first kappa shape index (κ1) is 35.4. The Balaban J connectivity index is 1.02. The molecule has 18 heteroatoms. The highest BCUT2D eigenvalue weighted by Crippen LogP contribution is 2.40. The Morgan fingerprint density at radius 3 is 2.75 bits per heavy atom. The van der Waals surface area contributed by atoms with Crippen molar-refractivity contribution in [3.63, 3.8) is 0 Å². The predicted molar refractivity (Wildman–Crippen MR) is 196 cm³/mol. The van der Waals surface area contributed by atoms with Gasteiger partial charge in [0.05, 0.1) is 22.6 Å². The molecular weight excluding hydrogens is 728 g/mol. The predicted octanol–water partition coefficient (Wildman–Crippen LogP) is 0.791. The number of halogens is 1. The number of thioether (sulfide) groups is 1. The summed E-state index contributed by atoms with van der Waals surface area (Å²) in [4.78, 5) is 48.9. The number of fused-ring (bicyclic) bond motifs is 2. The number of piperidine rings is 1. The second kappa shape index (κ2) is 14.9. The van der Waals surface area contributed by atoms with Crippen LogP contribution in [0.1, 0.15) is 29.7 Å². The first-order valence-corrected chi connectivity index (χ1v) is 18.7. The second-order valence-corrected chi connectivity index (χ2v) is 15.3. The van der Waals surface area contributed by atoms with E-state index in [1.807, 2.05) is 59.6 Å². The number of nitrogen functional groups attached to an aromatic ring is 1. The van der Waals surface area contributed by atoms with Gasteiger partial charge >= 0.3 is 0 Å². The zero-order chi connectivity index (χ0) is 36.5. The summed E-state index contributed by atoms with van der Waals surface area (Å²) in [5.41, 5.74) is 8.71. The Morgan fingerprint density at radius 2 is 2.06 bits per heavy atom. The number of aliphatic carboxylic acids is 1. The lowest BCUT2D eigenvalue weighted by atomic mass is 10.0. The smallest absolute Gasteiger partial charge is 0.276 e. The van der Waals surface area contributed by atoms with Crippen LogP contribution in [-0.4, -0.2) is 87.2 Å². The molecule has 6 heterocycles. The number of carbonyl (C=O) groups excluding carboxylic acids is 3. The van der Waals surface area contributed by atoms with Gasteiger partial charge in [0.25, 0.3) is 11.8 Å². The number of aromatic nitrogens is 3. The summed E-state index contributed by atoms with van der Waals surface area (Å²) in [5.74, 6) is -2.12. The second-order valence-electron chi connectivity index (χ2n) is 12.6. The van der Waals surface area contributed by atoms with Crippen LogP contribution < -0.4 is 31.4 Å². The molecule has 3 aliphatic rings. The Morgan fingerprint density at radius 1 is 1.25 bits per heavy atom. The number of nitrogens with zero attached hydrogens (tertiary/aromatic N) is 5. The van der Waals surface area contributed by atoms with Gasteiger partial charge in [0.2, 0.25) is 0 Å². The molecular formula is C34H35ClN10O5S2. The van der Waals surface area contributed by atoms with Crippen LogP contribution in [0.3, 0.4) is 0 Å². The third kappa shape index (κ3) is 7.08. The van der Waals surface area contributed by atoms with Crippen molar-refractivity contribution in [2.45, 2.75) is 43.4 Å². The Kier molecular flexibility index (Phi) is 10.2. The molecule has 270 valence electrons. The molecule has 52 heavy (non-hydrogen) atoms. The maximum Gasteiger partial charge on any atom is 0.276 e. The number of carbonyl (C=O) groups is 3. The quantitative estimate of drug-likeness (QED) is 0.0478. The number of benzene rings is 1. The summed E-state index contributed by atoms with van der Waals surface area (Å²) in [6, 6.07) is 11.2. The number of amides is 2. The molecule has 15 nitrogen and oxygen atoms in total. The maximum atomic E-state index is 13.3. The number of hydrogen-bond donors (Lipinski definition) is 5. The van der Waals surface area contributed by atoms with Crippen LogP contribution in [0.5, 0.6) is 0 Å². The fourth-order valence-corrected chi connectivity index (χ4v) is 8.90. The van der Waals surface area contributed by atoms with Gasteiger partial charge < -0.3 is 41.0 Å². The first-order valence-electron chi connectivity index (χ1n) is 16.5. The van der Waals surface area contributed by atoms with E-state index in [0.717, 1.165) is 64.2 Å². The molecule has 3 aromatic heterocycles. The minimum Gasteiger partial charge on any atom is -0.543 e. The lowest BCUT2D eigenvalue weighted by Crippen LogP contribution is -2.71. The highest BCUT2D eigenvalue weighted by atomic mass is 35.5. The standard InChI is InChI=1S/C34H35ClN10O5S2/c1-50-42-25(24-28(35)52-34(37)41-24)30(46)40-26-31(47)45-27(33(48)49)21(17-51-32(26)45)16-43-11-9-23-20(15-43)8-12-44(23)14-18-4-6-19(7-5-18)29(36)39-22-3-2-10-38-13-22/h4-9,11-12,15,22,26,32,38H,2-3,10,13-14,16-17H2,1H3,(H5-,36,37,39,40,41,46,48,49)/t22-,26-,32-/m1/s1. The van der Waals surface area contributed by atoms with Crippen LogP contribution >= 0.6 is 34.7 Å². The number of β-lactam (4-membered cyclic amide) rings is 1. The van der Waals surface area contributed by atoms with Crippen molar-refractivity contribution in [2.24, 2.45) is 5.16 Å². The van der Waals surface area contributed by atoms with Crippen molar-refractivity contribution in [3.05, 3.63) is 87.4 Å². The molecule has 2 saturated heterocycles. The topological polar surface area (TPSA) is 207 Å². The monoisotopic (exact) mass is 762 g/mol. The van der Waals surface area contributed by atoms with E-state index in [0.29, 0.717) is 23.7 Å². The number of nitrogens with two attached hydrogens (primary N) is 1. The molecule has 6 N–H and O–H groups in total. The van der Waals surface area contributed by atoms with Gasteiger partial charge in [-0.05, 0) is 31.0 Å². The first-order chi connectivity index (χ1) is 25.1. The zero-order valence-electron chi connectivity index (χ0n) is 27.9. The van der Waals surface area contributed by atoms with Crippen molar-refractivity contribution in [1.29, 1.82) is 5.41 Å². The summed E-state index contributed by atoms with van der Waals surface area (Å²) in [6.07, 6.45) is 7.97. The number of nitrogens with one attached hydrogen (secondary N) is 4. The van der Waals surface area contributed by atoms with Gasteiger partial charge in [0.15, 0.2) is 29.8 Å². The van der Waals surface area contributed by atoms with Crippen molar-refractivity contribution in [3.8, 4) is 0 Å². The largest absolute Gasteiger partial charge is 0.543 e. The fraction of sp³-hybridized carbons (Fsp3) is 0.324. The number of carboxylic acid groups (broad SMARTS) is 1. The summed E-state index contributed by atoms with van der Waals surface area (Å²) >= 11 is 8.46. The summed E-state index contributed by atoms with van der Waals surface area (Å²) < 4.78 is 4.13. The van der Waals surface area contributed by atoms with Crippen LogP contribution in [0.15, 0.2) is 71.4 Å². The number of hydrogen-bond acceptors (Lipinski definition) is 12. The molecule has 2 fully saturated rings. The van der Waals surface area contributed by atoms with E-state index in [1.54, 1.807) is 0 Å².